The van der Waals surface area contributed by atoms with Gasteiger partial charge in [-0.3, -0.25) is 10.1 Å². The lowest BCUT2D eigenvalue weighted by Gasteiger charge is -2.15. The van der Waals surface area contributed by atoms with E-state index < -0.39 is 16.9 Å². The van der Waals surface area contributed by atoms with Crippen molar-refractivity contribution in [3.63, 3.8) is 0 Å². The van der Waals surface area contributed by atoms with Crippen LogP contribution in [-0.4, -0.2) is 18.1 Å². The molecule has 0 fully saturated rings. The van der Waals surface area contributed by atoms with Gasteiger partial charge in [0.1, 0.15) is 5.83 Å². The van der Waals surface area contributed by atoms with Crippen molar-refractivity contribution in [2.75, 3.05) is 7.11 Å². The number of hydrogen-bond donors (Lipinski definition) is 0. The maximum Gasteiger partial charge on any atom is 0.276 e. The van der Waals surface area contributed by atoms with E-state index in [0.29, 0.717) is 0 Å². The number of hydrogen-bond acceptors (Lipinski definition) is 3. The fourth-order valence-corrected chi connectivity index (χ4v) is 1.44. The summed E-state index contributed by atoms with van der Waals surface area (Å²) in [7, 11) is 1.31. The molecule has 0 heterocycles. The van der Waals surface area contributed by atoms with Crippen molar-refractivity contribution in [1.29, 1.82) is 0 Å². The summed E-state index contributed by atoms with van der Waals surface area (Å²) in [5.74, 6) is -0.433. The molecule has 0 saturated carbocycles. The van der Waals surface area contributed by atoms with Gasteiger partial charge in [0.25, 0.3) is 5.70 Å². The van der Waals surface area contributed by atoms with Gasteiger partial charge in [0, 0.05) is 19.6 Å². The molecule has 0 saturated heterocycles. The van der Waals surface area contributed by atoms with Crippen LogP contribution in [-0.2, 0) is 4.74 Å². The highest BCUT2D eigenvalue weighted by Gasteiger charge is 2.30. The van der Waals surface area contributed by atoms with Crippen molar-refractivity contribution in [3.05, 3.63) is 32.2 Å². The number of ether oxygens (including phenoxy) is 1. The normalized spacial score (nSPS) is 23.0. The van der Waals surface area contributed by atoms with Gasteiger partial charge in [-0.2, -0.15) is 0 Å². The van der Waals surface area contributed by atoms with Gasteiger partial charge >= 0.3 is 0 Å². The predicted octanol–water partition coefficient (Wildman–Crippen LogP) is 2.14. The van der Waals surface area contributed by atoms with E-state index in [2.05, 4.69) is 15.9 Å². The summed E-state index contributed by atoms with van der Waals surface area (Å²) in [5, 5.41) is 10.5. The molecule has 0 aromatic heterocycles. The minimum atomic E-state index is -0.795. The Kier molecular flexibility index (Phi) is 3.16. The van der Waals surface area contributed by atoms with Gasteiger partial charge in [-0.15, -0.1) is 0 Å². The van der Waals surface area contributed by atoms with E-state index in [0.717, 1.165) is 6.08 Å². The molecule has 13 heavy (non-hydrogen) atoms. The second-order valence-corrected chi connectivity index (χ2v) is 3.36. The lowest BCUT2D eigenvalue weighted by Crippen LogP contribution is -2.22. The SMILES string of the molecule is COC1CC(F)=C(Br)C=C1[N+](=O)[O-]. The molecule has 0 aromatic rings. The maximum absolute atomic E-state index is 12.9. The minimum absolute atomic E-state index is 0.0934. The van der Waals surface area contributed by atoms with Gasteiger partial charge in [-0.25, -0.2) is 4.39 Å². The zero-order chi connectivity index (χ0) is 10.0. The van der Waals surface area contributed by atoms with Crippen LogP contribution in [0.5, 0.6) is 0 Å². The smallest absolute Gasteiger partial charge is 0.276 e. The van der Waals surface area contributed by atoms with Gasteiger partial charge in [-0.05, 0) is 15.9 Å². The quantitative estimate of drug-likeness (QED) is 0.558. The summed E-state index contributed by atoms with van der Waals surface area (Å²) in [6, 6.07) is 0. The molecule has 0 aromatic carbocycles. The first-order chi connectivity index (χ1) is 6.06. The summed E-state index contributed by atoms with van der Waals surface area (Å²) in [5.41, 5.74) is -0.129. The molecule has 6 heteroatoms. The van der Waals surface area contributed by atoms with Crippen LogP contribution in [0, 0.1) is 10.1 Å². The van der Waals surface area contributed by atoms with Crippen LogP contribution in [0.2, 0.25) is 0 Å². The summed E-state index contributed by atoms with van der Waals surface area (Å²) in [4.78, 5) is 9.90. The number of nitrogens with zero attached hydrogens (tertiary/aromatic N) is 1. The van der Waals surface area contributed by atoms with Crippen molar-refractivity contribution < 1.29 is 14.1 Å². The molecule has 0 radical (unpaired) electrons. The monoisotopic (exact) mass is 251 g/mol. The molecule has 1 rings (SSSR count). The lowest BCUT2D eigenvalue weighted by molar-refractivity contribution is -0.437. The number of methoxy groups -OCH3 is 1. The van der Waals surface area contributed by atoms with Gasteiger partial charge in [0.05, 0.1) is 9.41 Å². The molecule has 1 aliphatic rings. The third kappa shape index (κ3) is 2.13. The Morgan fingerprint density at radius 2 is 2.46 bits per heavy atom. The average Bonchev–Trinajstić information content (AvgIpc) is 2.08. The van der Waals surface area contributed by atoms with E-state index in [9.17, 15) is 14.5 Å². The molecular weight excluding hydrogens is 245 g/mol. The van der Waals surface area contributed by atoms with Crippen LogP contribution in [0.1, 0.15) is 6.42 Å². The molecule has 4 nitrogen and oxygen atoms in total. The Balaban J connectivity index is 3.00. The van der Waals surface area contributed by atoms with E-state index >= 15 is 0 Å². The van der Waals surface area contributed by atoms with Gasteiger partial charge in [-0.1, -0.05) is 0 Å². The molecule has 0 spiro atoms. The predicted molar refractivity (Wildman–Crippen MR) is 47.6 cm³/mol. The first-order valence-corrected chi connectivity index (χ1v) is 4.28. The van der Waals surface area contributed by atoms with E-state index in [-0.39, 0.29) is 16.6 Å². The van der Waals surface area contributed by atoms with Crippen LogP contribution >= 0.6 is 15.9 Å². The Bertz CT molecular complexity index is 300. The molecule has 1 aliphatic carbocycles. The standard InChI is InChI=1S/C7H7BrFNO3/c1-13-7-3-5(9)4(8)2-6(7)10(11)12/h2,7H,3H2,1H3. The fourth-order valence-electron chi connectivity index (χ4n) is 1.04. The van der Waals surface area contributed by atoms with Crippen LogP contribution in [0.4, 0.5) is 4.39 Å². The van der Waals surface area contributed by atoms with E-state index in [1.54, 1.807) is 0 Å². The van der Waals surface area contributed by atoms with Gasteiger partial charge in [0.15, 0.2) is 6.10 Å². The molecule has 1 atom stereocenters. The summed E-state index contributed by atoms with van der Waals surface area (Å²) >= 11 is 2.89. The molecule has 0 bridgehead atoms. The molecule has 72 valence electrons. The highest BCUT2D eigenvalue weighted by Crippen LogP contribution is 2.30. The maximum atomic E-state index is 12.9. The van der Waals surface area contributed by atoms with Gasteiger partial charge < -0.3 is 4.74 Å². The second kappa shape index (κ2) is 3.97. The summed E-state index contributed by atoms with van der Waals surface area (Å²) < 4.78 is 17.8. The first kappa shape index (κ1) is 10.3. The van der Waals surface area contributed by atoms with Crippen LogP contribution in [0.3, 0.4) is 0 Å². The van der Waals surface area contributed by atoms with E-state index in [4.69, 9.17) is 4.74 Å². The number of allylic oxidation sites excluding steroid dienone is 2. The molecule has 0 N–H and O–H groups in total. The Morgan fingerprint density at radius 3 is 2.92 bits per heavy atom. The van der Waals surface area contributed by atoms with E-state index in [1.165, 1.54) is 7.11 Å². The minimum Gasteiger partial charge on any atom is -0.370 e. The van der Waals surface area contributed by atoms with E-state index in [1.807, 2.05) is 0 Å². The largest absolute Gasteiger partial charge is 0.370 e. The van der Waals surface area contributed by atoms with Crippen molar-refractivity contribution in [2.45, 2.75) is 12.5 Å². The Labute approximate surface area is 82.3 Å². The summed E-state index contributed by atoms with van der Waals surface area (Å²) in [6.45, 7) is 0. The molecular formula is C7H7BrFNO3. The van der Waals surface area contributed by atoms with Crippen molar-refractivity contribution in [2.24, 2.45) is 0 Å². The first-order valence-electron chi connectivity index (χ1n) is 3.49. The number of halogens is 2. The highest BCUT2D eigenvalue weighted by atomic mass is 79.9. The topological polar surface area (TPSA) is 52.4 Å². The van der Waals surface area contributed by atoms with Crippen molar-refractivity contribution in [1.82, 2.24) is 0 Å². The average molecular weight is 252 g/mol. The molecule has 0 amide bonds. The highest BCUT2D eigenvalue weighted by molar-refractivity contribution is 9.11. The second-order valence-electron chi connectivity index (χ2n) is 2.51. The number of nitro groups is 1. The van der Waals surface area contributed by atoms with Crippen LogP contribution in [0.15, 0.2) is 22.1 Å². The van der Waals surface area contributed by atoms with Crippen LogP contribution < -0.4 is 0 Å². The lowest BCUT2D eigenvalue weighted by atomic mass is 10.1. The van der Waals surface area contributed by atoms with Crippen molar-refractivity contribution in [3.8, 4) is 0 Å². The third-order valence-corrected chi connectivity index (χ3v) is 2.38. The Morgan fingerprint density at radius 1 is 1.85 bits per heavy atom. The fraction of sp³-hybridized carbons (Fsp3) is 0.429. The summed E-state index contributed by atoms with van der Waals surface area (Å²) in [6.07, 6.45) is 0.243. The zero-order valence-corrected chi connectivity index (χ0v) is 8.38. The van der Waals surface area contributed by atoms with Crippen LogP contribution in [0.25, 0.3) is 0 Å². The molecule has 1 unspecified atom stereocenters. The molecule has 0 aliphatic heterocycles. The van der Waals surface area contributed by atoms with Gasteiger partial charge in [0.2, 0.25) is 0 Å². The Hall–Kier alpha value is -0.750. The number of rotatable bonds is 2. The third-order valence-electron chi connectivity index (χ3n) is 1.72. The van der Waals surface area contributed by atoms with Crippen molar-refractivity contribution >= 4 is 15.9 Å². The zero-order valence-electron chi connectivity index (χ0n) is 6.79.